The molecule has 0 saturated carbocycles. The molecule has 0 amide bonds. The van der Waals surface area contributed by atoms with Gasteiger partial charge in [-0.1, -0.05) is 102 Å². The molecule has 0 bridgehead atoms. The summed E-state index contributed by atoms with van der Waals surface area (Å²) >= 11 is 0. The first-order valence-electron chi connectivity index (χ1n) is 15.8. The summed E-state index contributed by atoms with van der Waals surface area (Å²) < 4.78 is 6.22. The molecule has 47 heavy (non-hydrogen) atoms. The monoisotopic (exact) mass is 794 g/mol. The van der Waals surface area contributed by atoms with E-state index in [0.29, 0.717) is 0 Å². The Labute approximate surface area is 291 Å². The van der Waals surface area contributed by atoms with Crippen molar-refractivity contribution in [1.82, 2.24) is 9.97 Å². The molecule has 0 atom stereocenters. The molecule has 3 aromatic heterocycles. The number of aromatic nitrogens is 2. The van der Waals surface area contributed by atoms with E-state index < -0.39 is 0 Å². The minimum Gasteiger partial charge on any atom is -0.657 e. The van der Waals surface area contributed by atoms with Crippen LogP contribution < -0.4 is 0 Å². The molecule has 0 aliphatic carbocycles. The summed E-state index contributed by atoms with van der Waals surface area (Å²) in [6.07, 6.45) is 1.90. The van der Waals surface area contributed by atoms with Gasteiger partial charge >= 0.3 is 21.1 Å². The molecule has 0 fully saturated rings. The fourth-order valence-electron chi connectivity index (χ4n) is 5.80. The fourth-order valence-corrected chi connectivity index (χ4v) is 5.80. The van der Waals surface area contributed by atoms with Gasteiger partial charge in [-0.15, -0.1) is 47.3 Å². The topological polar surface area (TPSA) is 53.0 Å². The van der Waals surface area contributed by atoms with Gasteiger partial charge < -0.3 is 9.73 Å². The number of hydrogen-bond acceptors (Lipinski definition) is 3. The fraction of sp³-hybridized carbons (Fsp3) is 0.190. The van der Waals surface area contributed by atoms with Crippen molar-refractivity contribution in [3.63, 3.8) is 0 Å². The smallest absolute Gasteiger partial charge is 0.657 e. The van der Waals surface area contributed by atoms with Crippen molar-refractivity contribution < 1.29 is 25.5 Å². The second kappa shape index (κ2) is 12.6. The van der Waals surface area contributed by atoms with Gasteiger partial charge in [0.15, 0.2) is 5.58 Å². The third kappa shape index (κ3) is 6.53. The van der Waals surface area contributed by atoms with Crippen LogP contribution >= 0.6 is 0 Å². The number of para-hydroxylation sites is 1. The van der Waals surface area contributed by atoms with E-state index in [-0.39, 0.29) is 31.9 Å². The second-order valence-electron chi connectivity index (χ2n) is 13.9. The SMILES string of the molecule is CC(C)(C)c1cc(-c2ccnc(-c3ccccc3[N-]c3cccc4oc5ccc(-c6[c-]cccc6)nc5c34)c2)cc(C(C)(C)C)c1.[Pt+2]. The zero-order chi connectivity index (χ0) is 32.1. The number of furan rings is 1. The van der Waals surface area contributed by atoms with E-state index >= 15 is 0 Å². The van der Waals surface area contributed by atoms with Crippen molar-refractivity contribution in [2.75, 3.05) is 0 Å². The third-order valence-corrected chi connectivity index (χ3v) is 8.48. The number of rotatable bonds is 5. The van der Waals surface area contributed by atoms with Crippen LogP contribution in [0.25, 0.3) is 61.0 Å². The standard InChI is InChI=1S/C42H37N3O.Pt/c1-41(2,3)30-23-29(24-31(26-30)42(4,5)6)28-21-22-43-36(25-28)32-15-10-11-16-34(32)44-35-17-12-18-37-39(35)40-38(46-37)20-19-33(45-40)27-13-8-7-9-14-27;/h7-13,15-26H,1-6H3;/q-2;+2. The number of nitrogens with zero attached hydrogens (tertiary/aromatic N) is 3. The van der Waals surface area contributed by atoms with Gasteiger partial charge in [-0.2, -0.15) is 0 Å². The molecule has 0 radical (unpaired) electrons. The van der Waals surface area contributed by atoms with Crippen molar-refractivity contribution >= 4 is 33.4 Å². The van der Waals surface area contributed by atoms with Gasteiger partial charge in [0.25, 0.3) is 0 Å². The van der Waals surface area contributed by atoms with Crippen LogP contribution in [0.1, 0.15) is 52.7 Å². The molecule has 0 N–H and O–H groups in total. The van der Waals surface area contributed by atoms with E-state index in [4.69, 9.17) is 19.7 Å². The quantitative estimate of drug-likeness (QED) is 0.163. The Hall–Kier alpha value is -4.53. The number of pyridine rings is 2. The second-order valence-corrected chi connectivity index (χ2v) is 13.9. The van der Waals surface area contributed by atoms with Crippen molar-refractivity contribution in [1.29, 1.82) is 0 Å². The largest absolute Gasteiger partial charge is 2.00 e. The van der Waals surface area contributed by atoms with Crippen molar-refractivity contribution in [2.45, 2.75) is 52.4 Å². The maximum atomic E-state index is 6.22. The van der Waals surface area contributed by atoms with Gasteiger partial charge in [0, 0.05) is 11.6 Å². The van der Waals surface area contributed by atoms with Crippen LogP contribution in [0.2, 0.25) is 0 Å². The van der Waals surface area contributed by atoms with Crippen LogP contribution in [-0.4, -0.2) is 9.97 Å². The van der Waals surface area contributed by atoms with Gasteiger partial charge in [0.1, 0.15) is 11.1 Å². The summed E-state index contributed by atoms with van der Waals surface area (Å²) in [6, 6.07) is 40.6. The zero-order valence-corrected chi connectivity index (χ0v) is 29.8. The van der Waals surface area contributed by atoms with E-state index in [2.05, 4.69) is 84.0 Å². The molecule has 0 aliphatic rings. The molecular formula is C42H37N3OPt. The predicted molar refractivity (Wildman–Crippen MR) is 191 cm³/mol. The molecule has 0 aliphatic heterocycles. The zero-order valence-electron chi connectivity index (χ0n) is 27.5. The molecule has 7 aromatic rings. The molecule has 7 rings (SSSR count). The molecule has 3 heterocycles. The average molecular weight is 795 g/mol. The summed E-state index contributed by atoms with van der Waals surface area (Å²) in [7, 11) is 0. The van der Waals surface area contributed by atoms with E-state index in [1.807, 2.05) is 79.0 Å². The molecule has 0 saturated heterocycles. The van der Waals surface area contributed by atoms with Gasteiger partial charge in [0.2, 0.25) is 0 Å². The molecule has 4 nitrogen and oxygen atoms in total. The molecule has 0 unspecified atom stereocenters. The normalized spacial score (nSPS) is 11.9. The summed E-state index contributed by atoms with van der Waals surface area (Å²) in [5.74, 6) is 0. The van der Waals surface area contributed by atoms with Crippen LogP contribution in [0.15, 0.2) is 120 Å². The Morgan fingerprint density at radius 3 is 2.09 bits per heavy atom. The minimum atomic E-state index is 0. The van der Waals surface area contributed by atoms with E-state index in [0.717, 1.165) is 61.5 Å². The third-order valence-electron chi connectivity index (χ3n) is 8.48. The Bertz CT molecular complexity index is 2170. The number of hydrogen-bond donors (Lipinski definition) is 0. The van der Waals surface area contributed by atoms with Crippen molar-refractivity contribution in [3.8, 4) is 33.6 Å². The Morgan fingerprint density at radius 1 is 0.638 bits per heavy atom. The van der Waals surface area contributed by atoms with Gasteiger partial charge in [-0.25, -0.2) is 0 Å². The minimum absolute atomic E-state index is 0. The average Bonchev–Trinajstić information content (AvgIpc) is 3.43. The van der Waals surface area contributed by atoms with Crippen LogP contribution in [0.4, 0.5) is 11.4 Å². The summed E-state index contributed by atoms with van der Waals surface area (Å²) in [6.45, 7) is 13.6. The molecular weight excluding hydrogens is 758 g/mol. The molecule has 0 spiro atoms. The van der Waals surface area contributed by atoms with Gasteiger partial charge in [0.05, 0.1) is 5.69 Å². The first kappa shape index (κ1) is 32.4. The summed E-state index contributed by atoms with van der Waals surface area (Å²) in [5.41, 5.74) is 12.6. The van der Waals surface area contributed by atoms with E-state index in [1.54, 1.807) is 0 Å². The number of benzene rings is 4. The van der Waals surface area contributed by atoms with Crippen molar-refractivity contribution in [3.05, 3.63) is 138 Å². The molecule has 5 heteroatoms. The maximum absolute atomic E-state index is 6.22. The van der Waals surface area contributed by atoms with Crippen LogP contribution in [0, 0.1) is 6.07 Å². The Balaban J connectivity index is 0.00000386. The Morgan fingerprint density at radius 2 is 1.36 bits per heavy atom. The predicted octanol–water partition coefficient (Wildman–Crippen LogP) is 12.1. The first-order chi connectivity index (χ1) is 22.0. The maximum Gasteiger partial charge on any atom is 2.00 e. The van der Waals surface area contributed by atoms with Crippen LogP contribution in [0.5, 0.6) is 0 Å². The van der Waals surface area contributed by atoms with Crippen LogP contribution in [-0.2, 0) is 31.9 Å². The van der Waals surface area contributed by atoms with Gasteiger partial charge in [-0.3, -0.25) is 9.97 Å². The summed E-state index contributed by atoms with van der Waals surface area (Å²) in [4.78, 5) is 9.85. The van der Waals surface area contributed by atoms with Crippen LogP contribution in [0.3, 0.4) is 0 Å². The molecule has 4 aromatic carbocycles. The van der Waals surface area contributed by atoms with Gasteiger partial charge in [-0.05, 0) is 68.6 Å². The Kier molecular flexibility index (Phi) is 8.68. The van der Waals surface area contributed by atoms with E-state index in [9.17, 15) is 0 Å². The first-order valence-corrected chi connectivity index (χ1v) is 15.8. The molecule has 236 valence electrons. The van der Waals surface area contributed by atoms with Crippen molar-refractivity contribution in [2.24, 2.45) is 0 Å². The van der Waals surface area contributed by atoms with E-state index in [1.165, 1.54) is 16.7 Å². The summed E-state index contributed by atoms with van der Waals surface area (Å²) in [5, 5.41) is 6.11. The number of fused-ring (bicyclic) bond motifs is 3.